The van der Waals surface area contributed by atoms with Crippen molar-refractivity contribution in [2.24, 2.45) is 5.16 Å². The number of nitrogens with zero attached hydrogens (tertiary/aromatic N) is 1. The van der Waals surface area contributed by atoms with Crippen LogP contribution in [-0.2, 0) is 4.79 Å². The smallest absolute Gasteiger partial charge is 0.225 e. The van der Waals surface area contributed by atoms with Crippen molar-refractivity contribution in [2.75, 3.05) is 13.7 Å². The minimum Gasteiger partial charge on any atom is -0.497 e. The molecule has 1 aliphatic rings. The highest BCUT2D eigenvalue weighted by Crippen LogP contribution is 2.23. The second-order valence-corrected chi connectivity index (χ2v) is 3.90. The van der Waals surface area contributed by atoms with Gasteiger partial charge >= 0.3 is 0 Å². The molecule has 1 aliphatic heterocycles. The lowest BCUT2D eigenvalue weighted by Gasteiger charge is -2.23. The van der Waals surface area contributed by atoms with E-state index in [0.717, 1.165) is 11.3 Å². The van der Waals surface area contributed by atoms with Crippen LogP contribution >= 0.6 is 0 Å². The summed E-state index contributed by atoms with van der Waals surface area (Å²) in [7, 11) is 1.61. The molecule has 1 fully saturated rings. The van der Waals surface area contributed by atoms with Gasteiger partial charge < -0.3 is 15.3 Å². The maximum absolute atomic E-state index is 11.2. The van der Waals surface area contributed by atoms with Crippen molar-refractivity contribution in [3.8, 4) is 5.75 Å². The number of hydrogen-bond acceptors (Lipinski definition) is 4. The number of amides is 1. The Morgan fingerprint density at radius 2 is 2.12 bits per heavy atom. The monoisotopic (exact) mass is 234 g/mol. The van der Waals surface area contributed by atoms with Gasteiger partial charge in [0, 0.05) is 12.5 Å². The van der Waals surface area contributed by atoms with E-state index in [0.29, 0.717) is 12.3 Å². The maximum atomic E-state index is 11.2. The van der Waals surface area contributed by atoms with Gasteiger partial charge in [0.25, 0.3) is 0 Å². The van der Waals surface area contributed by atoms with E-state index in [4.69, 9.17) is 9.94 Å². The number of benzene rings is 1. The van der Waals surface area contributed by atoms with Gasteiger partial charge in [-0.25, -0.2) is 0 Å². The zero-order valence-corrected chi connectivity index (χ0v) is 9.51. The fraction of sp³-hybridized carbons (Fsp3) is 0.333. The summed E-state index contributed by atoms with van der Waals surface area (Å²) in [6.07, 6.45) is 0.146. The molecule has 0 radical (unpaired) electrons. The van der Waals surface area contributed by atoms with E-state index < -0.39 is 0 Å². The van der Waals surface area contributed by atoms with Gasteiger partial charge in [-0.3, -0.25) is 4.79 Å². The first-order valence-electron chi connectivity index (χ1n) is 5.36. The van der Waals surface area contributed by atoms with Crippen molar-refractivity contribution in [1.29, 1.82) is 0 Å². The lowest BCUT2D eigenvalue weighted by atomic mass is 9.89. The number of rotatable bonds is 2. The number of ether oxygens (including phenoxy) is 1. The van der Waals surface area contributed by atoms with Crippen molar-refractivity contribution < 1.29 is 14.7 Å². The van der Waals surface area contributed by atoms with Crippen LogP contribution in [-0.4, -0.2) is 30.5 Å². The zero-order valence-electron chi connectivity index (χ0n) is 9.51. The normalized spacial score (nSPS) is 22.3. The summed E-state index contributed by atoms with van der Waals surface area (Å²) >= 11 is 0. The summed E-state index contributed by atoms with van der Waals surface area (Å²) in [5, 5.41) is 14.9. The first kappa shape index (κ1) is 11.4. The standard InChI is InChI=1S/C12H14N2O3/c1-17-9-4-2-8(3-5-9)10-7-13-12(15)6-11(10)14-16/h2-5,10,16H,6-7H2,1H3,(H,13,15). The molecule has 0 spiro atoms. The highest BCUT2D eigenvalue weighted by Gasteiger charge is 2.26. The second-order valence-electron chi connectivity index (χ2n) is 3.90. The van der Waals surface area contributed by atoms with Crippen LogP contribution in [0.15, 0.2) is 29.4 Å². The first-order chi connectivity index (χ1) is 8.24. The SMILES string of the molecule is COc1ccc(C2CNC(=O)CC2=NO)cc1. The largest absolute Gasteiger partial charge is 0.497 e. The van der Waals surface area contributed by atoms with E-state index in [-0.39, 0.29) is 18.2 Å². The molecule has 0 bridgehead atoms. The number of piperidine rings is 1. The van der Waals surface area contributed by atoms with E-state index in [2.05, 4.69) is 10.5 Å². The Morgan fingerprint density at radius 1 is 1.41 bits per heavy atom. The predicted molar refractivity (Wildman–Crippen MR) is 62.6 cm³/mol. The average Bonchev–Trinajstić information content (AvgIpc) is 2.39. The number of nitrogens with one attached hydrogen (secondary N) is 1. The van der Waals surface area contributed by atoms with Gasteiger partial charge in [-0.15, -0.1) is 0 Å². The maximum Gasteiger partial charge on any atom is 0.225 e. The summed E-state index contributed by atoms with van der Waals surface area (Å²) in [5.41, 5.74) is 1.50. The van der Waals surface area contributed by atoms with Gasteiger partial charge in [-0.2, -0.15) is 0 Å². The van der Waals surface area contributed by atoms with Gasteiger partial charge in [0.15, 0.2) is 0 Å². The molecule has 2 N–H and O–H groups in total. The molecule has 90 valence electrons. The van der Waals surface area contributed by atoms with Gasteiger partial charge in [-0.05, 0) is 17.7 Å². The molecule has 0 saturated carbocycles. The zero-order chi connectivity index (χ0) is 12.3. The predicted octanol–water partition coefficient (Wildman–Crippen LogP) is 1.13. The average molecular weight is 234 g/mol. The van der Waals surface area contributed by atoms with E-state index in [1.807, 2.05) is 24.3 Å². The van der Waals surface area contributed by atoms with Crippen LogP contribution in [0.25, 0.3) is 0 Å². The Bertz CT molecular complexity index is 440. The lowest BCUT2D eigenvalue weighted by Crippen LogP contribution is -2.39. The molecule has 0 aromatic heterocycles. The summed E-state index contributed by atoms with van der Waals surface area (Å²) < 4.78 is 5.08. The van der Waals surface area contributed by atoms with Crippen LogP contribution in [0.3, 0.4) is 0 Å². The van der Waals surface area contributed by atoms with Crippen molar-refractivity contribution in [2.45, 2.75) is 12.3 Å². The molecule has 1 unspecified atom stereocenters. The van der Waals surface area contributed by atoms with E-state index in [9.17, 15) is 4.79 Å². The molecule has 5 heteroatoms. The van der Waals surface area contributed by atoms with E-state index in [1.165, 1.54) is 0 Å². The Morgan fingerprint density at radius 3 is 2.71 bits per heavy atom. The highest BCUT2D eigenvalue weighted by atomic mass is 16.5. The molecular formula is C12H14N2O3. The van der Waals surface area contributed by atoms with Crippen molar-refractivity contribution >= 4 is 11.6 Å². The quantitative estimate of drug-likeness (QED) is 0.595. The topological polar surface area (TPSA) is 70.9 Å². The van der Waals surface area contributed by atoms with Crippen LogP contribution < -0.4 is 10.1 Å². The van der Waals surface area contributed by atoms with Crippen LogP contribution in [0.4, 0.5) is 0 Å². The lowest BCUT2D eigenvalue weighted by molar-refractivity contribution is -0.120. The molecule has 1 aromatic carbocycles. The Kier molecular flexibility index (Phi) is 3.27. The molecule has 0 aliphatic carbocycles. The summed E-state index contributed by atoms with van der Waals surface area (Å²) in [5.74, 6) is 0.599. The second kappa shape index (κ2) is 4.86. The number of oxime groups is 1. The molecule has 1 heterocycles. The molecule has 1 amide bonds. The third-order valence-corrected chi connectivity index (χ3v) is 2.89. The van der Waals surface area contributed by atoms with Gasteiger partial charge in [0.1, 0.15) is 5.75 Å². The minimum absolute atomic E-state index is 0.0661. The molecule has 2 rings (SSSR count). The minimum atomic E-state index is -0.109. The first-order valence-corrected chi connectivity index (χ1v) is 5.36. The Labute approximate surface area is 99.1 Å². The fourth-order valence-electron chi connectivity index (χ4n) is 1.94. The van der Waals surface area contributed by atoms with Crippen LogP contribution in [0.1, 0.15) is 17.9 Å². The Hall–Kier alpha value is -2.04. The van der Waals surface area contributed by atoms with Gasteiger partial charge in [0.05, 0.1) is 19.2 Å². The summed E-state index contributed by atoms with van der Waals surface area (Å²) in [4.78, 5) is 11.2. The molecule has 17 heavy (non-hydrogen) atoms. The summed E-state index contributed by atoms with van der Waals surface area (Å²) in [6.45, 7) is 0.463. The van der Waals surface area contributed by atoms with Crippen LogP contribution in [0.5, 0.6) is 5.75 Å². The van der Waals surface area contributed by atoms with Crippen LogP contribution in [0, 0.1) is 0 Å². The van der Waals surface area contributed by atoms with Crippen molar-refractivity contribution in [3.05, 3.63) is 29.8 Å². The van der Waals surface area contributed by atoms with E-state index in [1.54, 1.807) is 7.11 Å². The number of hydrogen-bond donors (Lipinski definition) is 2. The Balaban J connectivity index is 2.22. The number of carbonyl (C=O) groups excluding carboxylic acids is 1. The third kappa shape index (κ3) is 2.38. The fourth-order valence-corrected chi connectivity index (χ4v) is 1.94. The third-order valence-electron chi connectivity index (χ3n) is 2.89. The number of carbonyl (C=O) groups is 1. The molecule has 1 saturated heterocycles. The van der Waals surface area contributed by atoms with Gasteiger partial charge in [0.2, 0.25) is 5.91 Å². The molecule has 1 atom stereocenters. The van der Waals surface area contributed by atoms with Crippen molar-refractivity contribution in [3.63, 3.8) is 0 Å². The molecule has 1 aromatic rings. The van der Waals surface area contributed by atoms with Crippen molar-refractivity contribution in [1.82, 2.24) is 5.32 Å². The molecule has 5 nitrogen and oxygen atoms in total. The van der Waals surface area contributed by atoms with E-state index >= 15 is 0 Å². The number of methoxy groups -OCH3 is 1. The summed E-state index contributed by atoms with van der Waals surface area (Å²) in [6, 6.07) is 7.51. The van der Waals surface area contributed by atoms with Gasteiger partial charge in [-0.1, -0.05) is 17.3 Å². The molecular weight excluding hydrogens is 220 g/mol. The highest BCUT2D eigenvalue weighted by molar-refractivity contribution is 6.06. The van der Waals surface area contributed by atoms with Crippen LogP contribution in [0.2, 0.25) is 0 Å².